The average molecular weight is 340 g/mol. The van der Waals surface area contributed by atoms with Crippen LogP contribution in [0.3, 0.4) is 0 Å². The molecule has 0 aromatic carbocycles. The summed E-state index contributed by atoms with van der Waals surface area (Å²) in [7, 11) is 2.36. The molecular weight excluding hydrogens is 316 g/mol. The number of hydrogen-bond donors (Lipinski definition) is 3. The van der Waals surface area contributed by atoms with E-state index < -0.39 is 47.0 Å². The van der Waals surface area contributed by atoms with E-state index >= 15 is 0 Å². The predicted molar refractivity (Wildman–Crippen MR) is 83.6 cm³/mol. The van der Waals surface area contributed by atoms with Crippen LogP contribution in [-0.2, 0) is 19.1 Å². The van der Waals surface area contributed by atoms with E-state index in [4.69, 9.17) is 9.47 Å². The zero-order valence-corrected chi connectivity index (χ0v) is 14.3. The van der Waals surface area contributed by atoms with Crippen LogP contribution in [0.5, 0.6) is 0 Å². The van der Waals surface area contributed by atoms with Crippen LogP contribution in [0.4, 0.5) is 0 Å². The van der Waals surface area contributed by atoms with Crippen molar-refractivity contribution < 1.29 is 34.4 Å². The van der Waals surface area contributed by atoms with Gasteiger partial charge >= 0.3 is 11.9 Å². The van der Waals surface area contributed by atoms with E-state index in [0.717, 1.165) is 0 Å². The number of rotatable bonds is 3. The summed E-state index contributed by atoms with van der Waals surface area (Å²) < 4.78 is 9.55. The van der Waals surface area contributed by atoms with E-state index in [-0.39, 0.29) is 12.0 Å². The highest BCUT2D eigenvalue weighted by Gasteiger charge is 2.71. The maximum Gasteiger partial charge on any atom is 0.334 e. The van der Waals surface area contributed by atoms with Gasteiger partial charge in [-0.25, -0.2) is 4.79 Å². The quantitative estimate of drug-likeness (QED) is 0.487. The lowest BCUT2D eigenvalue weighted by Gasteiger charge is -2.56. The van der Waals surface area contributed by atoms with Gasteiger partial charge in [0.2, 0.25) is 0 Å². The van der Waals surface area contributed by atoms with E-state index in [2.05, 4.69) is 6.58 Å². The molecule has 1 saturated carbocycles. The summed E-state index contributed by atoms with van der Waals surface area (Å²) in [5, 5.41) is 32.7. The smallest absolute Gasteiger partial charge is 0.334 e. The van der Waals surface area contributed by atoms with Crippen molar-refractivity contribution in [3.05, 3.63) is 23.8 Å². The van der Waals surface area contributed by atoms with Crippen LogP contribution in [0.1, 0.15) is 20.3 Å². The Bertz CT molecular complexity index is 610. The minimum absolute atomic E-state index is 0.0353. The minimum Gasteiger partial charge on any atom is -0.469 e. The van der Waals surface area contributed by atoms with E-state index in [1.165, 1.54) is 27.2 Å². The predicted octanol–water partition coefficient (Wildman–Crippen LogP) is -0.0562. The molecule has 0 radical (unpaired) electrons. The van der Waals surface area contributed by atoms with Crippen molar-refractivity contribution in [3.63, 3.8) is 0 Å². The van der Waals surface area contributed by atoms with Gasteiger partial charge in [-0.2, -0.15) is 0 Å². The lowest BCUT2D eigenvalue weighted by molar-refractivity contribution is -0.230. The topological polar surface area (TPSA) is 113 Å². The number of methoxy groups -OCH3 is 2. The standard InChI is InChI=1S/C17H24O7/c1-8(2)10-11(15(21)24-5)17(22)7-6-9(14(20)23-4)16(17,3)13(19)12(10)18/h6,10-13,18-19,22H,1,7H2,2-5H3/t10-,11+,12+,13+,16+,17+/m0/s1. The van der Waals surface area contributed by atoms with Crippen LogP contribution in [0.2, 0.25) is 0 Å². The SMILES string of the molecule is C=C(C)[C@@H]1[C@@H](O)[C@@H](O)[C@@]2(C)C(C(=O)OC)=CC[C@@]2(O)[C@H]1C(=O)OC. The van der Waals surface area contributed by atoms with Gasteiger partial charge in [-0.1, -0.05) is 18.2 Å². The molecule has 0 unspecified atom stereocenters. The average Bonchev–Trinajstić information content (AvgIpc) is 2.82. The fourth-order valence-electron chi connectivity index (χ4n) is 4.26. The molecule has 0 spiro atoms. The number of carbonyl (C=O) groups is 2. The molecule has 0 aliphatic heterocycles. The Hall–Kier alpha value is -1.70. The number of carbonyl (C=O) groups excluding carboxylic acids is 2. The molecule has 0 heterocycles. The molecule has 134 valence electrons. The van der Waals surface area contributed by atoms with E-state index in [0.29, 0.717) is 5.57 Å². The summed E-state index contributed by atoms with van der Waals surface area (Å²) in [5.41, 5.74) is -2.93. The molecule has 7 nitrogen and oxygen atoms in total. The molecule has 0 amide bonds. The first kappa shape index (κ1) is 18.6. The first-order valence-electron chi connectivity index (χ1n) is 7.68. The van der Waals surface area contributed by atoms with E-state index in [9.17, 15) is 24.9 Å². The number of fused-ring (bicyclic) bond motifs is 1. The highest BCUT2D eigenvalue weighted by Crippen LogP contribution is 2.60. The number of aliphatic hydroxyl groups is 3. The molecule has 0 bridgehead atoms. The molecular formula is C17H24O7. The molecule has 6 atom stereocenters. The molecule has 2 aliphatic rings. The van der Waals surface area contributed by atoms with Crippen LogP contribution in [-0.4, -0.2) is 59.3 Å². The first-order chi connectivity index (χ1) is 11.1. The van der Waals surface area contributed by atoms with Crippen LogP contribution < -0.4 is 0 Å². The fraction of sp³-hybridized carbons (Fsp3) is 0.647. The fourth-order valence-corrected chi connectivity index (χ4v) is 4.26. The summed E-state index contributed by atoms with van der Waals surface area (Å²) in [5.74, 6) is -3.54. The summed E-state index contributed by atoms with van der Waals surface area (Å²) in [6, 6.07) is 0. The molecule has 0 saturated heterocycles. The summed E-state index contributed by atoms with van der Waals surface area (Å²) in [6.45, 7) is 6.82. The molecule has 3 N–H and O–H groups in total. The van der Waals surface area contributed by atoms with Crippen molar-refractivity contribution in [2.45, 2.75) is 38.1 Å². The number of aliphatic hydroxyl groups excluding tert-OH is 2. The second-order valence-electron chi connectivity index (χ2n) is 6.75. The van der Waals surface area contributed by atoms with Crippen molar-refractivity contribution in [1.29, 1.82) is 0 Å². The van der Waals surface area contributed by atoms with Gasteiger partial charge in [-0.3, -0.25) is 4.79 Å². The van der Waals surface area contributed by atoms with Crippen LogP contribution in [0.15, 0.2) is 23.8 Å². The summed E-state index contributed by atoms with van der Waals surface area (Å²) in [4.78, 5) is 24.5. The zero-order chi connectivity index (χ0) is 18.4. The Balaban J connectivity index is 2.67. The third-order valence-electron chi connectivity index (χ3n) is 5.66. The Morgan fingerprint density at radius 1 is 1.29 bits per heavy atom. The second-order valence-corrected chi connectivity index (χ2v) is 6.75. The van der Waals surface area contributed by atoms with E-state index in [1.54, 1.807) is 6.92 Å². The normalized spacial score (nSPS) is 41.2. The van der Waals surface area contributed by atoms with Gasteiger partial charge in [-0.05, 0) is 20.3 Å². The lowest BCUT2D eigenvalue weighted by Crippen LogP contribution is -2.69. The Kier molecular flexibility index (Phi) is 4.65. The molecule has 24 heavy (non-hydrogen) atoms. The Morgan fingerprint density at radius 3 is 2.33 bits per heavy atom. The third kappa shape index (κ3) is 2.15. The maximum atomic E-state index is 12.4. The van der Waals surface area contributed by atoms with Gasteiger partial charge < -0.3 is 24.8 Å². The van der Waals surface area contributed by atoms with Gasteiger partial charge in [0.15, 0.2) is 0 Å². The Labute approximate surface area is 140 Å². The molecule has 0 aromatic rings. The van der Waals surface area contributed by atoms with Gasteiger partial charge in [0, 0.05) is 11.5 Å². The Morgan fingerprint density at radius 2 is 1.88 bits per heavy atom. The van der Waals surface area contributed by atoms with Crippen molar-refractivity contribution in [3.8, 4) is 0 Å². The summed E-state index contributed by atoms with van der Waals surface area (Å²) in [6.07, 6.45) is -1.50. The van der Waals surface area contributed by atoms with E-state index in [1.807, 2.05) is 0 Å². The lowest BCUT2D eigenvalue weighted by atomic mass is 9.52. The molecule has 2 rings (SSSR count). The maximum absolute atomic E-state index is 12.4. The zero-order valence-electron chi connectivity index (χ0n) is 14.3. The van der Waals surface area contributed by atoms with Gasteiger partial charge in [0.1, 0.15) is 0 Å². The number of ether oxygens (including phenoxy) is 2. The van der Waals surface area contributed by atoms with Crippen molar-refractivity contribution in [2.24, 2.45) is 17.3 Å². The van der Waals surface area contributed by atoms with Crippen molar-refractivity contribution in [2.75, 3.05) is 14.2 Å². The minimum atomic E-state index is -1.81. The van der Waals surface area contributed by atoms with Crippen LogP contribution >= 0.6 is 0 Å². The van der Waals surface area contributed by atoms with Crippen LogP contribution in [0.25, 0.3) is 0 Å². The van der Waals surface area contributed by atoms with Crippen LogP contribution in [0, 0.1) is 17.3 Å². The van der Waals surface area contributed by atoms with Gasteiger partial charge in [0.25, 0.3) is 0 Å². The molecule has 7 heteroatoms. The second kappa shape index (κ2) is 5.98. The van der Waals surface area contributed by atoms with Crippen molar-refractivity contribution in [1.82, 2.24) is 0 Å². The van der Waals surface area contributed by atoms with Crippen molar-refractivity contribution >= 4 is 11.9 Å². The molecule has 2 aliphatic carbocycles. The first-order valence-corrected chi connectivity index (χ1v) is 7.68. The summed E-state index contributed by atoms with van der Waals surface area (Å²) >= 11 is 0. The highest BCUT2D eigenvalue weighted by atomic mass is 16.5. The molecule has 1 fully saturated rings. The largest absolute Gasteiger partial charge is 0.469 e. The van der Waals surface area contributed by atoms with Gasteiger partial charge in [-0.15, -0.1) is 0 Å². The highest BCUT2D eigenvalue weighted by molar-refractivity contribution is 5.92. The monoisotopic (exact) mass is 340 g/mol. The van der Waals surface area contributed by atoms with Gasteiger partial charge in [0.05, 0.1) is 43.4 Å². The number of hydrogen-bond acceptors (Lipinski definition) is 7. The third-order valence-corrected chi connectivity index (χ3v) is 5.66. The molecule has 0 aromatic heterocycles. The number of esters is 2.